The molecule has 1 aromatic heterocycles. The molecule has 0 bridgehead atoms. The summed E-state index contributed by atoms with van der Waals surface area (Å²) in [6.45, 7) is 7.13. The van der Waals surface area contributed by atoms with Crippen LogP contribution in [0.4, 0.5) is 5.69 Å². The maximum absolute atomic E-state index is 12.8. The second-order valence-electron chi connectivity index (χ2n) is 5.46. The Morgan fingerprint density at radius 2 is 1.96 bits per heavy atom. The van der Waals surface area contributed by atoms with E-state index in [1.54, 1.807) is 39.0 Å². The molecule has 0 unspecified atom stereocenters. The van der Waals surface area contributed by atoms with Crippen LogP contribution < -0.4 is 4.72 Å². The van der Waals surface area contributed by atoms with Crippen molar-refractivity contribution in [1.29, 1.82) is 0 Å². The molecule has 6 nitrogen and oxygen atoms in total. The largest absolute Gasteiger partial charge is 0.461 e. The molecule has 0 fully saturated rings. The fraction of sp³-hybridized carbons (Fsp3) is 0.353. The quantitative estimate of drug-likeness (QED) is 0.783. The number of carbonyl (C=O) groups excluding carboxylic acids is 1. The van der Waals surface area contributed by atoms with Crippen molar-refractivity contribution in [3.05, 3.63) is 46.8 Å². The summed E-state index contributed by atoms with van der Waals surface area (Å²) < 4.78 is 33.0. The van der Waals surface area contributed by atoms with Crippen LogP contribution in [0.5, 0.6) is 0 Å². The van der Waals surface area contributed by atoms with Gasteiger partial charge >= 0.3 is 5.97 Å². The molecule has 1 heterocycles. The number of ether oxygens (including phenoxy) is 1. The molecular formula is C17H22N2O4S. The van der Waals surface area contributed by atoms with Crippen molar-refractivity contribution in [2.75, 3.05) is 11.3 Å². The van der Waals surface area contributed by atoms with Crippen LogP contribution >= 0.6 is 0 Å². The molecule has 2 rings (SSSR count). The average Bonchev–Trinajstić information content (AvgIpc) is 2.82. The molecule has 130 valence electrons. The van der Waals surface area contributed by atoms with Crippen LogP contribution in [-0.4, -0.2) is 26.0 Å². The Bertz CT molecular complexity index is 853. The van der Waals surface area contributed by atoms with E-state index in [9.17, 15) is 13.2 Å². The molecule has 7 heteroatoms. The van der Waals surface area contributed by atoms with Gasteiger partial charge in [0, 0.05) is 16.9 Å². The van der Waals surface area contributed by atoms with E-state index in [-0.39, 0.29) is 17.2 Å². The molecule has 2 N–H and O–H groups in total. The van der Waals surface area contributed by atoms with Crippen molar-refractivity contribution >= 4 is 21.7 Å². The molecule has 0 atom stereocenters. The summed E-state index contributed by atoms with van der Waals surface area (Å²) in [6.07, 6.45) is 0.810. The van der Waals surface area contributed by atoms with Crippen LogP contribution in [0.25, 0.3) is 0 Å². The van der Waals surface area contributed by atoms with Gasteiger partial charge in [-0.3, -0.25) is 4.72 Å². The van der Waals surface area contributed by atoms with Crippen LogP contribution in [0, 0.1) is 13.8 Å². The normalized spacial score (nSPS) is 11.3. The number of aromatic nitrogens is 1. The molecular weight excluding hydrogens is 328 g/mol. The second-order valence-corrected chi connectivity index (χ2v) is 7.08. The zero-order valence-corrected chi connectivity index (χ0v) is 15.1. The van der Waals surface area contributed by atoms with Crippen LogP contribution in [0.15, 0.2) is 29.2 Å². The summed E-state index contributed by atoms with van der Waals surface area (Å²) in [4.78, 5) is 14.8. The van der Waals surface area contributed by atoms with Crippen molar-refractivity contribution in [3.63, 3.8) is 0 Å². The number of hydrogen-bond donors (Lipinski definition) is 2. The Labute approximate surface area is 142 Å². The molecule has 0 aliphatic rings. The van der Waals surface area contributed by atoms with Crippen LogP contribution in [0.3, 0.4) is 0 Å². The average molecular weight is 350 g/mol. The molecule has 0 saturated carbocycles. The topological polar surface area (TPSA) is 88.3 Å². The standard InChI is InChI=1S/C17H22N2O4S/c1-5-13-8-7-9-14(10-13)19-24(21,22)16-11(3)15(18-12(16)4)17(20)23-6-2/h7-10,18-19H,5-6H2,1-4H3. The number of hydrogen-bond acceptors (Lipinski definition) is 4. The summed E-state index contributed by atoms with van der Waals surface area (Å²) in [7, 11) is -3.82. The van der Waals surface area contributed by atoms with Gasteiger partial charge in [-0.1, -0.05) is 19.1 Å². The third-order valence-corrected chi connectivity index (χ3v) is 5.36. The lowest BCUT2D eigenvalue weighted by molar-refractivity contribution is 0.0519. The number of sulfonamides is 1. The minimum Gasteiger partial charge on any atom is -0.461 e. The van der Waals surface area contributed by atoms with E-state index >= 15 is 0 Å². The van der Waals surface area contributed by atoms with Gasteiger partial charge < -0.3 is 9.72 Å². The number of H-pyrrole nitrogens is 1. The van der Waals surface area contributed by atoms with Gasteiger partial charge in [-0.15, -0.1) is 0 Å². The summed E-state index contributed by atoms with van der Waals surface area (Å²) in [5.41, 5.74) is 2.44. The van der Waals surface area contributed by atoms with Gasteiger partial charge in [0.2, 0.25) is 0 Å². The Kier molecular flexibility index (Phi) is 5.33. The smallest absolute Gasteiger partial charge is 0.355 e. The lowest BCUT2D eigenvalue weighted by Crippen LogP contribution is -2.15. The second kappa shape index (κ2) is 7.09. The predicted octanol–water partition coefficient (Wildman–Crippen LogP) is 3.17. The predicted molar refractivity (Wildman–Crippen MR) is 92.9 cm³/mol. The first-order valence-electron chi connectivity index (χ1n) is 7.78. The van der Waals surface area contributed by atoms with E-state index in [1.165, 1.54) is 0 Å². The molecule has 0 aliphatic heterocycles. The maximum atomic E-state index is 12.8. The van der Waals surface area contributed by atoms with Gasteiger partial charge in [-0.2, -0.15) is 0 Å². The van der Waals surface area contributed by atoms with E-state index in [2.05, 4.69) is 9.71 Å². The fourth-order valence-electron chi connectivity index (χ4n) is 2.60. The van der Waals surface area contributed by atoms with Crippen LogP contribution in [0.1, 0.15) is 41.2 Å². The molecule has 1 aromatic carbocycles. The number of aromatic amines is 1. The van der Waals surface area contributed by atoms with Gasteiger partial charge in [0.25, 0.3) is 10.0 Å². The highest BCUT2D eigenvalue weighted by Crippen LogP contribution is 2.26. The first-order valence-corrected chi connectivity index (χ1v) is 9.26. The number of carbonyl (C=O) groups is 1. The van der Waals surface area contributed by atoms with Gasteiger partial charge in [-0.25, -0.2) is 13.2 Å². The first kappa shape index (κ1) is 18.1. The molecule has 0 saturated heterocycles. The minimum absolute atomic E-state index is 0.0763. The number of esters is 1. The first-order chi connectivity index (χ1) is 11.3. The highest BCUT2D eigenvalue weighted by Gasteiger charge is 2.27. The maximum Gasteiger partial charge on any atom is 0.355 e. The third kappa shape index (κ3) is 3.62. The summed E-state index contributed by atoms with van der Waals surface area (Å²) >= 11 is 0. The van der Waals surface area contributed by atoms with E-state index < -0.39 is 16.0 Å². The Morgan fingerprint density at radius 1 is 1.25 bits per heavy atom. The van der Waals surface area contributed by atoms with E-state index in [0.717, 1.165) is 12.0 Å². The number of benzene rings is 1. The molecule has 0 aliphatic carbocycles. The van der Waals surface area contributed by atoms with Crippen LogP contribution in [-0.2, 0) is 21.2 Å². The van der Waals surface area contributed by atoms with Gasteiger partial charge in [-0.05, 0) is 44.9 Å². The van der Waals surface area contributed by atoms with Gasteiger partial charge in [0.15, 0.2) is 0 Å². The van der Waals surface area contributed by atoms with E-state index in [0.29, 0.717) is 16.9 Å². The van der Waals surface area contributed by atoms with Gasteiger partial charge in [0.05, 0.1) is 6.61 Å². The Balaban J connectivity index is 2.40. The Morgan fingerprint density at radius 3 is 2.58 bits per heavy atom. The number of aryl methyl sites for hydroxylation is 2. The lowest BCUT2D eigenvalue weighted by Gasteiger charge is -2.10. The van der Waals surface area contributed by atoms with Crippen molar-refractivity contribution in [2.45, 2.75) is 39.0 Å². The summed E-state index contributed by atoms with van der Waals surface area (Å²) in [6, 6.07) is 7.22. The monoisotopic (exact) mass is 350 g/mol. The van der Waals surface area contributed by atoms with Gasteiger partial charge in [0.1, 0.15) is 10.6 Å². The van der Waals surface area contributed by atoms with Crippen molar-refractivity contribution in [3.8, 4) is 0 Å². The highest BCUT2D eigenvalue weighted by atomic mass is 32.2. The molecule has 0 radical (unpaired) electrons. The Hall–Kier alpha value is -2.28. The third-order valence-electron chi connectivity index (χ3n) is 3.70. The number of anilines is 1. The van der Waals surface area contributed by atoms with Crippen molar-refractivity contribution in [1.82, 2.24) is 4.98 Å². The number of nitrogens with one attached hydrogen (secondary N) is 2. The van der Waals surface area contributed by atoms with E-state index in [4.69, 9.17) is 4.74 Å². The summed E-state index contributed by atoms with van der Waals surface area (Å²) in [5, 5.41) is 0. The SMILES string of the molecule is CCOC(=O)c1[nH]c(C)c(S(=O)(=O)Nc2cccc(CC)c2)c1C. The van der Waals surface area contributed by atoms with Crippen molar-refractivity contribution in [2.24, 2.45) is 0 Å². The highest BCUT2D eigenvalue weighted by molar-refractivity contribution is 7.92. The fourth-order valence-corrected chi connectivity index (χ4v) is 4.10. The molecule has 2 aromatic rings. The molecule has 0 amide bonds. The number of rotatable bonds is 6. The lowest BCUT2D eigenvalue weighted by atomic mass is 10.1. The molecule has 0 spiro atoms. The minimum atomic E-state index is -3.82. The summed E-state index contributed by atoms with van der Waals surface area (Å²) in [5.74, 6) is -0.562. The molecule has 24 heavy (non-hydrogen) atoms. The van der Waals surface area contributed by atoms with Crippen molar-refractivity contribution < 1.29 is 17.9 Å². The zero-order valence-electron chi connectivity index (χ0n) is 14.3. The van der Waals surface area contributed by atoms with Crippen LogP contribution in [0.2, 0.25) is 0 Å². The zero-order chi connectivity index (χ0) is 17.9. The van der Waals surface area contributed by atoms with E-state index in [1.807, 2.05) is 13.0 Å².